The first-order chi connectivity index (χ1) is 7.20. The molecule has 1 N–H and O–H groups in total. The number of aromatic amines is 1. The SMILES string of the molecule is CCC1CCc2ccc(=O)[nH]c2C(S)C1. The summed E-state index contributed by atoms with van der Waals surface area (Å²) in [5.41, 5.74) is 2.30. The van der Waals surface area contributed by atoms with Gasteiger partial charge in [-0.2, -0.15) is 12.6 Å². The summed E-state index contributed by atoms with van der Waals surface area (Å²) in [6.45, 7) is 2.23. The van der Waals surface area contributed by atoms with Crippen LogP contribution in [0.1, 0.15) is 42.7 Å². The summed E-state index contributed by atoms with van der Waals surface area (Å²) < 4.78 is 0. The first-order valence-corrected chi connectivity index (χ1v) is 6.12. The van der Waals surface area contributed by atoms with Gasteiger partial charge in [0.25, 0.3) is 0 Å². The minimum Gasteiger partial charge on any atom is -0.325 e. The molecule has 2 atom stereocenters. The number of hydrogen-bond acceptors (Lipinski definition) is 2. The Labute approximate surface area is 95.5 Å². The molecule has 3 heteroatoms. The predicted molar refractivity (Wildman–Crippen MR) is 65.5 cm³/mol. The number of aromatic nitrogens is 1. The maximum Gasteiger partial charge on any atom is 0.248 e. The second-order valence-corrected chi connectivity index (χ2v) is 4.95. The predicted octanol–water partition coefficient (Wildman–Crippen LogP) is 2.71. The maximum absolute atomic E-state index is 11.3. The third-order valence-electron chi connectivity index (χ3n) is 3.33. The van der Waals surface area contributed by atoms with Gasteiger partial charge in [0, 0.05) is 17.0 Å². The van der Waals surface area contributed by atoms with Crippen molar-refractivity contribution < 1.29 is 0 Å². The smallest absolute Gasteiger partial charge is 0.248 e. The van der Waals surface area contributed by atoms with Crippen LogP contribution in [0.25, 0.3) is 0 Å². The Morgan fingerprint density at radius 1 is 1.53 bits per heavy atom. The Balaban J connectivity index is 2.35. The molecular formula is C12H17NOS. The fraction of sp³-hybridized carbons (Fsp3) is 0.583. The van der Waals surface area contributed by atoms with E-state index in [0.29, 0.717) is 0 Å². The van der Waals surface area contributed by atoms with Crippen molar-refractivity contribution in [1.82, 2.24) is 4.98 Å². The Hall–Kier alpha value is -0.700. The molecule has 82 valence electrons. The van der Waals surface area contributed by atoms with Crippen molar-refractivity contribution in [1.29, 1.82) is 0 Å². The first kappa shape index (κ1) is 10.8. The lowest BCUT2D eigenvalue weighted by Gasteiger charge is -2.14. The van der Waals surface area contributed by atoms with Crippen molar-refractivity contribution >= 4 is 12.6 Å². The van der Waals surface area contributed by atoms with Crippen molar-refractivity contribution in [3.8, 4) is 0 Å². The van der Waals surface area contributed by atoms with Gasteiger partial charge in [-0.1, -0.05) is 19.4 Å². The number of thiol groups is 1. The van der Waals surface area contributed by atoms with E-state index in [1.54, 1.807) is 6.07 Å². The van der Waals surface area contributed by atoms with Crippen LogP contribution in [0, 0.1) is 5.92 Å². The van der Waals surface area contributed by atoms with Gasteiger partial charge in [0.1, 0.15) is 0 Å². The van der Waals surface area contributed by atoms with Gasteiger partial charge >= 0.3 is 0 Å². The van der Waals surface area contributed by atoms with Crippen LogP contribution in [0.2, 0.25) is 0 Å². The molecule has 2 rings (SSSR count). The Morgan fingerprint density at radius 2 is 2.33 bits per heavy atom. The molecule has 1 aliphatic carbocycles. The molecule has 0 spiro atoms. The van der Waals surface area contributed by atoms with Gasteiger partial charge in [0.15, 0.2) is 0 Å². The van der Waals surface area contributed by atoms with Crippen LogP contribution in [0.3, 0.4) is 0 Å². The lowest BCUT2D eigenvalue weighted by molar-refractivity contribution is 0.447. The monoisotopic (exact) mass is 223 g/mol. The highest BCUT2D eigenvalue weighted by Gasteiger charge is 2.21. The van der Waals surface area contributed by atoms with Crippen LogP contribution in [-0.4, -0.2) is 4.98 Å². The number of H-pyrrole nitrogens is 1. The van der Waals surface area contributed by atoms with Crippen molar-refractivity contribution in [3.63, 3.8) is 0 Å². The average Bonchev–Trinajstić information content (AvgIpc) is 2.39. The fourth-order valence-electron chi connectivity index (χ4n) is 2.32. The van der Waals surface area contributed by atoms with E-state index >= 15 is 0 Å². The zero-order chi connectivity index (χ0) is 10.8. The van der Waals surface area contributed by atoms with Crippen molar-refractivity contribution in [2.45, 2.75) is 37.9 Å². The van der Waals surface area contributed by atoms with E-state index in [9.17, 15) is 4.79 Å². The van der Waals surface area contributed by atoms with Crippen LogP contribution in [-0.2, 0) is 6.42 Å². The fourth-order valence-corrected chi connectivity index (χ4v) is 2.85. The van der Waals surface area contributed by atoms with Crippen LogP contribution in [0.15, 0.2) is 16.9 Å². The molecule has 0 bridgehead atoms. The van der Waals surface area contributed by atoms with Gasteiger partial charge in [-0.3, -0.25) is 4.79 Å². The zero-order valence-electron chi connectivity index (χ0n) is 8.99. The Morgan fingerprint density at radius 3 is 3.07 bits per heavy atom. The molecule has 1 aromatic heterocycles. The third-order valence-corrected chi connectivity index (χ3v) is 3.80. The highest BCUT2D eigenvalue weighted by atomic mass is 32.1. The highest BCUT2D eigenvalue weighted by molar-refractivity contribution is 7.80. The van der Waals surface area contributed by atoms with Gasteiger partial charge < -0.3 is 4.98 Å². The number of hydrogen-bond donors (Lipinski definition) is 2. The van der Waals surface area contributed by atoms with Gasteiger partial charge in [-0.05, 0) is 30.7 Å². The van der Waals surface area contributed by atoms with Gasteiger partial charge in [-0.25, -0.2) is 0 Å². The van der Waals surface area contributed by atoms with Crippen LogP contribution >= 0.6 is 12.6 Å². The quantitative estimate of drug-likeness (QED) is 0.557. The van der Waals surface area contributed by atoms with Crippen molar-refractivity contribution in [3.05, 3.63) is 33.7 Å². The van der Waals surface area contributed by atoms with Crippen LogP contribution < -0.4 is 5.56 Å². The molecular weight excluding hydrogens is 206 g/mol. The van der Waals surface area contributed by atoms with E-state index in [-0.39, 0.29) is 10.8 Å². The summed E-state index contributed by atoms with van der Waals surface area (Å²) in [5, 5.41) is 0.196. The summed E-state index contributed by atoms with van der Waals surface area (Å²) in [6.07, 6.45) is 4.57. The Kier molecular flexibility index (Phi) is 3.19. The zero-order valence-corrected chi connectivity index (χ0v) is 9.89. The van der Waals surface area contributed by atoms with E-state index in [4.69, 9.17) is 0 Å². The standard InChI is InChI=1S/C12H17NOS/c1-2-8-3-4-9-5-6-11(14)13-12(9)10(15)7-8/h5-6,8,10,15H,2-4,7H2,1H3,(H,13,14). The van der Waals surface area contributed by atoms with E-state index in [2.05, 4.69) is 24.5 Å². The number of fused-ring (bicyclic) bond motifs is 1. The van der Waals surface area contributed by atoms with E-state index in [0.717, 1.165) is 24.5 Å². The molecule has 0 aliphatic heterocycles. The Bertz CT molecular complexity index is 399. The largest absolute Gasteiger partial charge is 0.325 e. The second-order valence-electron chi connectivity index (χ2n) is 4.33. The summed E-state index contributed by atoms with van der Waals surface area (Å²) in [7, 11) is 0. The molecule has 1 aliphatic rings. The second kappa shape index (κ2) is 4.44. The lowest BCUT2D eigenvalue weighted by atomic mass is 9.97. The molecule has 15 heavy (non-hydrogen) atoms. The molecule has 0 radical (unpaired) electrons. The maximum atomic E-state index is 11.3. The molecule has 0 saturated heterocycles. The third kappa shape index (κ3) is 2.28. The minimum atomic E-state index is -0.0113. The molecule has 0 saturated carbocycles. The molecule has 2 unspecified atom stereocenters. The minimum absolute atomic E-state index is 0.0113. The van der Waals surface area contributed by atoms with E-state index in [1.165, 1.54) is 18.4 Å². The van der Waals surface area contributed by atoms with Crippen LogP contribution in [0.4, 0.5) is 0 Å². The lowest BCUT2D eigenvalue weighted by Crippen LogP contribution is -2.10. The molecule has 1 heterocycles. The molecule has 2 nitrogen and oxygen atoms in total. The highest BCUT2D eigenvalue weighted by Crippen LogP contribution is 2.35. The van der Waals surface area contributed by atoms with E-state index in [1.807, 2.05) is 6.07 Å². The van der Waals surface area contributed by atoms with Crippen molar-refractivity contribution in [2.75, 3.05) is 0 Å². The molecule has 0 fully saturated rings. The number of nitrogens with one attached hydrogen (secondary N) is 1. The number of aryl methyl sites for hydroxylation is 1. The van der Waals surface area contributed by atoms with E-state index < -0.39 is 0 Å². The summed E-state index contributed by atoms with van der Waals surface area (Å²) in [4.78, 5) is 14.2. The molecule has 0 aromatic carbocycles. The summed E-state index contributed by atoms with van der Waals surface area (Å²) in [6, 6.07) is 3.57. The number of pyridine rings is 1. The van der Waals surface area contributed by atoms with Crippen molar-refractivity contribution in [2.24, 2.45) is 5.92 Å². The molecule has 1 aromatic rings. The summed E-state index contributed by atoms with van der Waals surface area (Å²) in [5.74, 6) is 0.739. The molecule has 0 amide bonds. The average molecular weight is 223 g/mol. The topological polar surface area (TPSA) is 32.9 Å². The van der Waals surface area contributed by atoms with Crippen LogP contribution in [0.5, 0.6) is 0 Å². The first-order valence-electron chi connectivity index (χ1n) is 5.61. The number of rotatable bonds is 1. The van der Waals surface area contributed by atoms with Gasteiger partial charge in [0.05, 0.1) is 0 Å². The summed E-state index contributed by atoms with van der Waals surface area (Å²) >= 11 is 4.60. The van der Waals surface area contributed by atoms with Gasteiger partial charge in [-0.15, -0.1) is 0 Å². The van der Waals surface area contributed by atoms with Gasteiger partial charge in [0.2, 0.25) is 5.56 Å². The normalized spacial score (nSPS) is 25.7.